The van der Waals surface area contributed by atoms with E-state index in [9.17, 15) is 4.79 Å². The van der Waals surface area contributed by atoms with Crippen LogP contribution in [0.25, 0.3) is 11.0 Å². The highest BCUT2D eigenvalue weighted by molar-refractivity contribution is 6.06. The van der Waals surface area contributed by atoms with Crippen molar-refractivity contribution >= 4 is 22.6 Å². The van der Waals surface area contributed by atoms with Crippen molar-refractivity contribution in [1.82, 2.24) is 19.7 Å². The second-order valence-electron chi connectivity index (χ2n) is 9.05. The van der Waals surface area contributed by atoms with Crippen LogP contribution in [0.2, 0.25) is 0 Å². The molecule has 1 amide bonds. The Hall–Kier alpha value is -2.11. The van der Waals surface area contributed by atoms with E-state index in [0.717, 1.165) is 49.2 Å². The van der Waals surface area contributed by atoms with Crippen molar-refractivity contribution in [3.63, 3.8) is 0 Å². The van der Waals surface area contributed by atoms with Crippen LogP contribution < -0.4 is 5.32 Å². The molecule has 0 unspecified atom stereocenters. The monoisotopic (exact) mass is 397 g/mol. The van der Waals surface area contributed by atoms with E-state index in [1.54, 1.807) is 6.20 Å². The summed E-state index contributed by atoms with van der Waals surface area (Å²) >= 11 is 0. The van der Waals surface area contributed by atoms with Gasteiger partial charge in [-0.1, -0.05) is 26.2 Å². The number of nitrogens with one attached hydrogen (secondary N) is 1. The second kappa shape index (κ2) is 8.72. The van der Waals surface area contributed by atoms with E-state index in [1.807, 2.05) is 15.8 Å². The van der Waals surface area contributed by atoms with E-state index in [4.69, 9.17) is 0 Å². The minimum atomic E-state index is 0.105. The van der Waals surface area contributed by atoms with Crippen LogP contribution in [0.1, 0.15) is 76.1 Å². The number of carbonyl (C=O) groups excluding carboxylic acids is 1. The molecule has 1 atom stereocenters. The fourth-order valence-corrected chi connectivity index (χ4v) is 4.94. The Bertz CT molecular complexity index is 846. The highest BCUT2D eigenvalue weighted by atomic mass is 16.2. The molecular weight excluding hydrogens is 362 g/mol. The molecular formula is C23H35N5O. The number of nitrogens with zero attached hydrogens (tertiary/aromatic N) is 4. The number of hydrogen-bond donors (Lipinski definition) is 1. The third-order valence-electron chi connectivity index (χ3n) is 7.00. The molecule has 0 bridgehead atoms. The molecule has 6 nitrogen and oxygen atoms in total. The molecule has 1 saturated heterocycles. The number of likely N-dealkylation sites (tertiary alicyclic amines) is 1. The molecule has 2 aromatic rings. The van der Waals surface area contributed by atoms with Gasteiger partial charge in [-0.25, -0.2) is 9.67 Å². The molecule has 29 heavy (non-hydrogen) atoms. The van der Waals surface area contributed by atoms with Gasteiger partial charge in [-0.05, 0) is 51.4 Å². The maximum atomic E-state index is 13.4. The van der Waals surface area contributed by atoms with Crippen molar-refractivity contribution in [2.45, 2.75) is 78.3 Å². The van der Waals surface area contributed by atoms with Crippen molar-refractivity contribution in [3.8, 4) is 0 Å². The Morgan fingerprint density at radius 2 is 1.90 bits per heavy atom. The predicted octanol–water partition coefficient (Wildman–Crippen LogP) is 4.70. The molecule has 1 saturated carbocycles. The lowest BCUT2D eigenvalue weighted by Crippen LogP contribution is -2.38. The zero-order valence-electron chi connectivity index (χ0n) is 18.2. The normalized spacial score (nSPS) is 20.2. The van der Waals surface area contributed by atoms with Gasteiger partial charge < -0.3 is 10.2 Å². The number of aryl methyl sites for hydroxylation is 1. The second-order valence-corrected chi connectivity index (χ2v) is 9.05. The fraction of sp³-hybridized carbons (Fsp3) is 0.696. The molecule has 1 N–H and O–H groups in total. The summed E-state index contributed by atoms with van der Waals surface area (Å²) < 4.78 is 1.91. The molecule has 158 valence electrons. The van der Waals surface area contributed by atoms with E-state index in [-0.39, 0.29) is 5.91 Å². The minimum absolute atomic E-state index is 0.105. The summed E-state index contributed by atoms with van der Waals surface area (Å²) in [5.41, 5.74) is 2.48. The van der Waals surface area contributed by atoms with Crippen LogP contribution in [0.3, 0.4) is 0 Å². The van der Waals surface area contributed by atoms with Gasteiger partial charge in [0.05, 0.1) is 22.8 Å². The number of carbonyl (C=O) groups is 1. The quantitative estimate of drug-likeness (QED) is 0.794. The first kappa shape index (κ1) is 20.2. The van der Waals surface area contributed by atoms with Crippen molar-refractivity contribution in [1.29, 1.82) is 0 Å². The van der Waals surface area contributed by atoms with Gasteiger partial charge in [-0.3, -0.25) is 4.79 Å². The molecule has 3 heterocycles. The number of rotatable bonds is 5. The summed E-state index contributed by atoms with van der Waals surface area (Å²) in [4.78, 5) is 20.1. The van der Waals surface area contributed by atoms with E-state index < -0.39 is 0 Å². The van der Waals surface area contributed by atoms with Gasteiger partial charge in [-0.15, -0.1) is 0 Å². The van der Waals surface area contributed by atoms with Gasteiger partial charge in [0, 0.05) is 31.9 Å². The summed E-state index contributed by atoms with van der Waals surface area (Å²) in [6.07, 6.45) is 12.3. The fourth-order valence-electron chi connectivity index (χ4n) is 4.94. The van der Waals surface area contributed by atoms with Crippen LogP contribution >= 0.6 is 0 Å². The van der Waals surface area contributed by atoms with Crippen molar-refractivity contribution in [2.24, 2.45) is 11.8 Å². The average Bonchev–Trinajstić information content (AvgIpc) is 3.18. The van der Waals surface area contributed by atoms with Gasteiger partial charge in [0.15, 0.2) is 5.65 Å². The molecule has 1 aliphatic heterocycles. The smallest absolute Gasteiger partial charge is 0.257 e. The van der Waals surface area contributed by atoms with Gasteiger partial charge in [0.1, 0.15) is 0 Å². The number of aromatic nitrogens is 3. The van der Waals surface area contributed by atoms with Crippen molar-refractivity contribution < 1.29 is 4.79 Å². The number of fused-ring (bicyclic) bond motifs is 1. The number of anilines is 1. The minimum Gasteiger partial charge on any atom is -0.381 e. The van der Waals surface area contributed by atoms with E-state index >= 15 is 0 Å². The SMILES string of the molecule is CCn1ncc2c(N[C@H](C)C3CCCCC3)c(C(=O)N3CCC(C)CC3)cnc21. The standard InChI is InChI=1S/C23H35N5O/c1-4-28-22-19(15-25-28)21(26-17(3)18-8-6-5-7-9-18)20(14-24-22)23(29)27-12-10-16(2)11-13-27/h14-18H,4-13H2,1-3H3,(H,24,26)/t17-/m1/s1. The van der Waals surface area contributed by atoms with Crippen LogP contribution in [0.5, 0.6) is 0 Å². The number of piperidine rings is 1. The lowest BCUT2D eigenvalue weighted by atomic mass is 9.84. The van der Waals surface area contributed by atoms with Crippen LogP contribution in [0.15, 0.2) is 12.4 Å². The first-order chi connectivity index (χ1) is 14.1. The zero-order chi connectivity index (χ0) is 20.4. The third kappa shape index (κ3) is 4.12. The third-order valence-corrected chi connectivity index (χ3v) is 7.00. The summed E-state index contributed by atoms with van der Waals surface area (Å²) in [6, 6.07) is 0.332. The number of amides is 1. The lowest BCUT2D eigenvalue weighted by molar-refractivity contribution is 0.0698. The zero-order valence-corrected chi connectivity index (χ0v) is 18.2. The summed E-state index contributed by atoms with van der Waals surface area (Å²) in [5, 5.41) is 9.22. The van der Waals surface area contributed by atoms with Crippen molar-refractivity contribution in [2.75, 3.05) is 18.4 Å². The largest absolute Gasteiger partial charge is 0.381 e. The molecule has 1 aliphatic carbocycles. The average molecular weight is 398 g/mol. The summed E-state index contributed by atoms with van der Waals surface area (Å²) in [5.74, 6) is 1.47. The maximum absolute atomic E-state index is 13.4. The molecule has 0 aromatic carbocycles. The van der Waals surface area contributed by atoms with Crippen LogP contribution in [0.4, 0.5) is 5.69 Å². The summed E-state index contributed by atoms with van der Waals surface area (Å²) in [7, 11) is 0. The molecule has 0 spiro atoms. The van der Waals surface area contributed by atoms with E-state index in [2.05, 4.69) is 36.2 Å². The Kier molecular flexibility index (Phi) is 6.07. The molecule has 0 radical (unpaired) electrons. The summed E-state index contributed by atoms with van der Waals surface area (Å²) in [6.45, 7) is 9.05. The Morgan fingerprint density at radius 3 is 2.59 bits per heavy atom. The topological polar surface area (TPSA) is 63.1 Å². The number of hydrogen-bond acceptors (Lipinski definition) is 4. The molecule has 2 fully saturated rings. The van der Waals surface area contributed by atoms with E-state index in [1.165, 1.54) is 32.1 Å². The lowest BCUT2D eigenvalue weighted by Gasteiger charge is -2.32. The first-order valence-corrected chi connectivity index (χ1v) is 11.5. The Labute approximate surface area is 174 Å². The van der Waals surface area contributed by atoms with Crippen LogP contribution in [-0.4, -0.2) is 44.7 Å². The Balaban J connectivity index is 1.67. The molecule has 6 heteroatoms. The highest BCUT2D eigenvalue weighted by Gasteiger charge is 2.27. The highest BCUT2D eigenvalue weighted by Crippen LogP contribution is 2.33. The first-order valence-electron chi connectivity index (χ1n) is 11.5. The predicted molar refractivity (Wildman–Crippen MR) is 117 cm³/mol. The molecule has 4 rings (SSSR count). The maximum Gasteiger partial charge on any atom is 0.257 e. The Morgan fingerprint density at radius 1 is 1.17 bits per heavy atom. The molecule has 2 aliphatic rings. The number of pyridine rings is 1. The van der Waals surface area contributed by atoms with Crippen LogP contribution in [-0.2, 0) is 6.54 Å². The van der Waals surface area contributed by atoms with Crippen molar-refractivity contribution in [3.05, 3.63) is 18.0 Å². The van der Waals surface area contributed by atoms with Gasteiger partial charge in [0.2, 0.25) is 0 Å². The molecule has 2 aromatic heterocycles. The van der Waals surface area contributed by atoms with Gasteiger partial charge in [0.25, 0.3) is 5.91 Å². The van der Waals surface area contributed by atoms with E-state index in [0.29, 0.717) is 23.4 Å². The van der Waals surface area contributed by atoms with Gasteiger partial charge >= 0.3 is 0 Å². The van der Waals surface area contributed by atoms with Crippen LogP contribution in [0, 0.1) is 11.8 Å². The van der Waals surface area contributed by atoms with Gasteiger partial charge in [-0.2, -0.15) is 5.10 Å².